The summed E-state index contributed by atoms with van der Waals surface area (Å²) in [5.74, 6) is -0.116. The van der Waals surface area contributed by atoms with Crippen LogP contribution in [0, 0.1) is 5.92 Å². The number of alkyl halides is 3. The zero-order valence-electron chi connectivity index (χ0n) is 21.7. The lowest BCUT2D eigenvalue weighted by molar-refractivity contribution is -0.141. The number of benzene rings is 1. The van der Waals surface area contributed by atoms with Gasteiger partial charge >= 0.3 is 6.18 Å². The summed E-state index contributed by atoms with van der Waals surface area (Å²) < 4.78 is 62.6. The van der Waals surface area contributed by atoms with Gasteiger partial charge in [0.15, 0.2) is 15.0 Å². The molecule has 1 aromatic carbocycles. The monoisotopic (exact) mass is 582 g/mol. The van der Waals surface area contributed by atoms with E-state index in [1.165, 1.54) is 41.8 Å². The summed E-state index contributed by atoms with van der Waals surface area (Å²) in [6.07, 6.45) is -3.24. The van der Waals surface area contributed by atoms with E-state index < -0.39 is 28.1 Å². The Morgan fingerprint density at radius 1 is 1.18 bits per heavy atom. The highest BCUT2D eigenvalue weighted by Gasteiger charge is 2.36. The number of carbonyl (C=O) groups is 1. The molecule has 1 atom stereocenters. The van der Waals surface area contributed by atoms with Crippen LogP contribution in [-0.2, 0) is 40.7 Å². The summed E-state index contributed by atoms with van der Waals surface area (Å²) in [5, 5.41) is 3.30. The van der Waals surface area contributed by atoms with Crippen LogP contribution in [0.15, 0.2) is 52.3 Å². The molecule has 0 spiro atoms. The molecule has 1 amide bonds. The maximum absolute atomic E-state index is 12.7. The lowest BCUT2D eigenvalue weighted by Gasteiger charge is -2.27. The highest BCUT2D eigenvalue weighted by atomic mass is 32.2. The number of thiazole rings is 1. The average molecular weight is 583 g/mol. The van der Waals surface area contributed by atoms with Crippen LogP contribution in [0.3, 0.4) is 0 Å². The summed E-state index contributed by atoms with van der Waals surface area (Å²) in [6.45, 7) is 5.23. The number of sulfone groups is 1. The van der Waals surface area contributed by atoms with E-state index >= 15 is 0 Å². The minimum Gasteiger partial charge on any atom is -0.306 e. The van der Waals surface area contributed by atoms with E-state index in [0.29, 0.717) is 33.9 Å². The Kier molecular flexibility index (Phi) is 8.33. The Morgan fingerprint density at radius 3 is 2.46 bits per heavy atom. The van der Waals surface area contributed by atoms with Crippen molar-refractivity contribution in [3.8, 4) is 0 Å². The smallest absolute Gasteiger partial charge is 0.306 e. The number of nitrogens with zero attached hydrogens (tertiary/aromatic N) is 3. The first-order valence-electron chi connectivity index (χ1n) is 12.4. The number of nitrogens with one attached hydrogen (secondary N) is 1. The molecule has 0 aliphatic carbocycles. The highest BCUT2D eigenvalue weighted by molar-refractivity contribution is 7.91. The number of carbonyl (C=O) groups excluding carboxylic acids is 1. The predicted molar refractivity (Wildman–Crippen MR) is 142 cm³/mol. The van der Waals surface area contributed by atoms with Crippen LogP contribution in [0.2, 0.25) is 0 Å². The van der Waals surface area contributed by atoms with E-state index in [2.05, 4.69) is 15.2 Å². The van der Waals surface area contributed by atoms with Gasteiger partial charge in [0.25, 0.3) is 5.56 Å². The Morgan fingerprint density at radius 2 is 1.87 bits per heavy atom. The third kappa shape index (κ3) is 6.95. The summed E-state index contributed by atoms with van der Waals surface area (Å²) >= 11 is 1.36. The van der Waals surface area contributed by atoms with E-state index in [9.17, 15) is 31.2 Å². The molecule has 0 radical (unpaired) electrons. The van der Waals surface area contributed by atoms with Crippen molar-refractivity contribution < 1.29 is 26.4 Å². The van der Waals surface area contributed by atoms with Crippen molar-refractivity contribution in [1.29, 1.82) is 0 Å². The molecule has 3 aromatic rings. The lowest BCUT2D eigenvalue weighted by atomic mass is 10.0. The number of hydrogen-bond acceptors (Lipinski definition) is 7. The number of pyridine rings is 1. The summed E-state index contributed by atoms with van der Waals surface area (Å²) in [7, 11) is -3.31. The lowest BCUT2D eigenvalue weighted by Crippen LogP contribution is -2.29. The van der Waals surface area contributed by atoms with Crippen molar-refractivity contribution in [2.24, 2.45) is 5.92 Å². The molecule has 1 unspecified atom stereocenters. The summed E-state index contributed by atoms with van der Waals surface area (Å²) in [6, 6.07) is 8.92. The number of amides is 1. The molecular formula is C26H29F3N4O4S2. The van der Waals surface area contributed by atoms with Crippen molar-refractivity contribution in [3.05, 3.63) is 74.6 Å². The average Bonchev–Trinajstić information content (AvgIpc) is 3.36. The van der Waals surface area contributed by atoms with Crippen LogP contribution in [-0.4, -0.2) is 40.7 Å². The molecule has 1 aliphatic rings. The SMILES string of the molecule is CCS(=O)(=O)c1ccc(CC(=O)Nc2nc3c(s2)CN(Cc2ccn(CC(F)(F)F)c(=O)c2)C3C(C)C)cc1. The van der Waals surface area contributed by atoms with Gasteiger partial charge in [-0.1, -0.05) is 32.9 Å². The quantitative estimate of drug-likeness (QED) is 0.397. The number of fused-ring (bicyclic) bond motifs is 1. The fourth-order valence-electron chi connectivity index (χ4n) is 4.64. The molecule has 1 N–H and O–H groups in total. The fraction of sp³-hybridized carbons (Fsp3) is 0.423. The van der Waals surface area contributed by atoms with Gasteiger partial charge in [-0.15, -0.1) is 11.3 Å². The van der Waals surface area contributed by atoms with Crippen LogP contribution in [0.4, 0.5) is 18.3 Å². The van der Waals surface area contributed by atoms with Crippen molar-refractivity contribution in [2.75, 3.05) is 11.1 Å². The van der Waals surface area contributed by atoms with Crippen LogP contribution in [0.25, 0.3) is 0 Å². The number of rotatable bonds is 9. The molecule has 39 heavy (non-hydrogen) atoms. The van der Waals surface area contributed by atoms with Gasteiger partial charge < -0.3 is 9.88 Å². The highest BCUT2D eigenvalue weighted by Crippen LogP contribution is 2.43. The van der Waals surface area contributed by atoms with Gasteiger partial charge in [-0.25, -0.2) is 13.4 Å². The normalized spacial score (nSPS) is 16.0. The summed E-state index contributed by atoms with van der Waals surface area (Å²) in [5.41, 5.74) is 1.43. The van der Waals surface area contributed by atoms with Crippen molar-refractivity contribution in [1.82, 2.24) is 14.5 Å². The summed E-state index contributed by atoms with van der Waals surface area (Å²) in [4.78, 5) is 32.8. The van der Waals surface area contributed by atoms with E-state index in [4.69, 9.17) is 0 Å². The van der Waals surface area contributed by atoms with E-state index in [1.807, 2.05) is 13.8 Å². The zero-order chi connectivity index (χ0) is 28.5. The molecule has 210 valence electrons. The predicted octanol–water partition coefficient (Wildman–Crippen LogP) is 4.55. The van der Waals surface area contributed by atoms with Gasteiger partial charge in [0.1, 0.15) is 6.54 Å². The molecule has 8 nitrogen and oxygen atoms in total. The topological polar surface area (TPSA) is 101 Å². The number of hydrogen-bond donors (Lipinski definition) is 1. The van der Waals surface area contributed by atoms with Crippen LogP contribution < -0.4 is 10.9 Å². The van der Waals surface area contributed by atoms with Crippen LogP contribution >= 0.6 is 11.3 Å². The first-order chi connectivity index (χ1) is 18.3. The standard InChI is InChI=1S/C26H29F3N4O4S2/c1-4-39(36,37)19-7-5-17(6-8-19)11-21(34)30-25-31-23-20(38-25)14-33(24(23)16(2)3)13-18-9-10-32(22(35)12-18)15-26(27,28)29/h5-10,12,16,24H,4,11,13-15H2,1-3H3,(H,30,31,34). The third-order valence-corrected chi connectivity index (χ3v) is 9.17. The van der Waals surface area contributed by atoms with Crippen LogP contribution in [0.1, 0.15) is 48.5 Å². The molecular weight excluding hydrogens is 553 g/mol. The molecule has 0 fully saturated rings. The molecule has 0 bridgehead atoms. The van der Waals surface area contributed by atoms with Gasteiger partial charge in [0.2, 0.25) is 5.91 Å². The van der Waals surface area contributed by atoms with E-state index in [0.717, 1.165) is 10.6 Å². The van der Waals surface area contributed by atoms with Gasteiger partial charge in [0.05, 0.1) is 28.8 Å². The van der Waals surface area contributed by atoms with Gasteiger partial charge in [0, 0.05) is 30.2 Å². The molecule has 4 rings (SSSR count). The molecule has 0 saturated heterocycles. The molecule has 3 heterocycles. The van der Waals surface area contributed by atoms with Crippen molar-refractivity contribution >= 4 is 32.2 Å². The second kappa shape index (κ2) is 11.2. The number of halogens is 3. The maximum atomic E-state index is 12.7. The van der Waals surface area contributed by atoms with E-state index in [-0.39, 0.29) is 34.9 Å². The van der Waals surface area contributed by atoms with Crippen LogP contribution in [0.5, 0.6) is 0 Å². The Hall–Kier alpha value is -3.03. The molecule has 0 saturated carbocycles. The third-order valence-electron chi connectivity index (χ3n) is 6.45. The Balaban J connectivity index is 1.42. The fourth-order valence-corrected chi connectivity index (χ4v) is 6.57. The zero-order valence-corrected chi connectivity index (χ0v) is 23.3. The molecule has 13 heteroatoms. The minimum atomic E-state index is -4.47. The second-order valence-corrected chi connectivity index (χ2v) is 13.2. The van der Waals surface area contributed by atoms with Gasteiger partial charge in [-0.2, -0.15) is 13.2 Å². The first kappa shape index (κ1) is 29.0. The number of aromatic nitrogens is 2. The van der Waals surface area contributed by atoms with Crippen molar-refractivity contribution in [2.45, 2.75) is 63.9 Å². The van der Waals surface area contributed by atoms with E-state index in [1.54, 1.807) is 19.1 Å². The Bertz CT molecular complexity index is 1510. The van der Waals surface area contributed by atoms with Crippen molar-refractivity contribution in [3.63, 3.8) is 0 Å². The largest absolute Gasteiger partial charge is 0.406 e. The van der Waals surface area contributed by atoms with Gasteiger partial charge in [-0.05, 0) is 35.2 Å². The second-order valence-electron chi connectivity index (χ2n) is 9.81. The minimum absolute atomic E-state index is 0.00331. The molecule has 2 aromatic heterocycles. The maximum Gasteiger partial charge on any atom is 0.406 e. The molecule has 1 aliphatic heterocycles. The Labute approximate surface area is 228 Å². The first-order valence-corrected chi connectivity index (χ1v) is 14.8. The van der Waals surface area contributed by atoms with Gasteiger partial charge in [-0.3, -0.25) is 14.5 Å². The number of anilines is 1.